The molecule has 1 saturated heterocycles. The Labute approximate surface area is 178 Å². The topological polar surface area (TPSA) is 81.6 Å². The number of aromatic nitrogens is 2. The number of fused-ring (bicyclic) bond motifs is 1. The number of aryl methyl sites for hydroxylation is 1. The lowest BCUT2D eigenvalue weighted by molar-refractivity contribution is 0.195. The number of nitrogens with one attached hydrogen (secondary N) is 1. The Morgan fingerprint density at radius 1 is 1.30 bits per heavy atom. The lowest BCUT2D eigenvalue weighted by Gasteiger charge is -2.35. The number of nitrogens with zero attached hydrogens (tertiary/aromatic N) is 4. The van der Waals surface area contributed by atoms with Crippen LogP contribution in [-0.4, -0.2) is 58.3 Å². The minimum Gasteiger partial charge on any atom is -0.393 e. The van der Waals surface area contributed by atoms with Crippen LogP contribution in [0.2, 0.25) is 0 Å². The molecule has 2 amide bonds. The maximum absolute atomic E-state index is 14.5. The summed E-state index contributed by atoms with van der Waals surface area (Å²) in [6.07, 6.45) is 1.42. The predicted molar refractivity (Wildman–Crippen MR) is 117 cm³/mol. The normalized spacial score (nSPS) is 15.5. The number of piperazine rings is 1. The number of amides is 2. The average Bonchev–Trinajstić information content (AvgIpc) is 3.09. The van der Waals surface area contributed by atoms with E-state index in [1.165, 1.54) is 17.4 Å². The molecule has 1 fully saturated rings. The van der Waals surface area contributed by atoms with Gasteiger partial charge < -0.3 is 14.9 Å². The van der Waals surface area contributed by atoms with E-state index >= 15 is 0 Å². The van der Waals surface area contributed by atoms with Crippen LogP contribution in [0, 0.1) is 12.7 Å². The summed E-state index contributed by atoms with van der Waals surface area (Å²) < 4.78 is 15.5. The van der Waals surface area contributed by atoms with E-state index in [2.05, 4.69) is 21.4 Å². The van der Waals surface area contributed by atoms with Crippen molar-refractivity contribution in [3.05, 3.63) is 47.4 Å². The maximum Gasteiger partial charge on any atom is 0.323 e. The summed E-state index contributed by atoms with van der Waals surface area (Å²) in [4.78, 5) is 24.9. The molecule has 3 aromatic rings. The van der Waals surface area contributed by atoms with Gasteiger partial charge in [0.25, 0.3) is 0 Å². The largest absolute Gasteiger partial charge is 0.393 e. The summed E-state index contributed by atoms with van der Waals surface area (Å²) in [5.41, 5.74) is 2.68. The van der Waals surface area contributed by atoms with Gasteiger partial charge in [-0.15, -0.1) is 0 Å². The molecule has 2 N–H and O–H groups in total. The Hall–Kier alpha value is -2.78. The third-order valence-electron chi connectivity index (χ3n) is 5.03. The number of urea groups is 1. The number of hydrogen-bond donors (Lipinski definition) is 2. The van der Waals surface area contributed by atoms with E-state index < -0.39 is 11.9 Å². The van der Waals surface area contributed by atoms with E-state index in [4.69, 9.17) is 0 Å². The zero-order valence-corrected chi connectivity index (χ0v) is 17.7. The van der Waals surface area contributed by atoms with Gasteiger partial charge in [0, 0.05) is 32.4 Å². The van der Waals surface area contributed by atoms with Crippen LogP contribution in [0.3, 0.4) is 0 Å². The van der Waals surface area contributed by atoms with Crippen molar-refractivity contribution in [3.8, 4) is 0 Å². The van der Waals surface area contributed by atoms with Crippen LogP contribution in [0.4, 0.5) is 20.1 Å². The fourth-order valence-corrected chi connectivity index (χ4v) is 4.49. The molecule has 4 rings (SSSR count). The highest BCUT2D eigenvalue weighted by atomic mass is 32.1. The molecule has 2 aromatic heterocycles. The summed E-state index contributed by atoms with van der Waals surface area (Å²) in [6.45, 7) is 5.60. The Morgan fingerprint density at radius 3 is 2.77 bits per heavy atom. The highest BCUT2D eigenvalue weighted by Gasteiger charge is 2.24. The molecule has 1 atom stereocenters. The van der Waals surface area contributed by atoms with Crippen LogP contribution >= 0.6 is 11.3 Å². The fourth-order valence-electron chi connectivity index (χ4n) is 3.53. The number of carbonyl (C=O) groups excluding carboxylic acids is 1. The number of benzene rings is 1. The first-order valence-electron chi connectivity index (χ1n) is 9.89. The van der Waals surface area contributed by atoms with E-state index in [0.29, 0.717) is 43.3 Å². The highest BCUT2D eigenvalue weighted by molar-refractivity contribution is 7.22. The molecule has 7 nitrogen and oxygen atoms in total. The number of halogens is 1. The first-order chi connectivity index (χ1) is 14.4. The molecule has 3 heterocycles. The van der Waals surface area contributed by atoms with Crippen molar-refractivity contribution in [1.82, 2.24) is 14.9 Å². The van der Waals surface area contributed by atoms with E-state index in [-0.39, 0.29) is 11.8 Å². The summed E-state index contributed by atoms with van der Waals surface area (Å²) in [5, 5.41) is 12.9. The molecule has 0 radical (unpaired) electrons. The Kier molecular flexibility index (Phi) is 5.83. The molecule has 30 heavy (non-hydrogen) atoms. The number of anilines is 2. The molecule has 0 aliphatic carbocycles. The number of aliphatic hydroxyl groups excluding tert-OH is 1. The summed E-state index contributed by atoms with van der Waals surface area (Å²) in [7, 11) is 0. The van der Waals surface area contributed by atoms with Crippen molar-refractivity contribution >= 4 is 38.5 Å². The molecule has 0 saturated carbocycles. The van der Waals surface area contributed by atoms with Crippen molar-refractivity contribution in [2.24, 2.45) is 0 Å². The monoisotopic (exact) mass is 429 g/mol. The first kappa shape index (κ1) is 20.5. The van der Waals surface area contributed by atoms with E-state index in [1.807, 2.05) is 24.0 Å². The lowest BCUT2D eigenvalue weighted by atomic mass is 10.1. The van der Waals surface area contributed by atoms with E-state index in [9.17, 15) is 14.3 Å². The molecule has 1 aromatic carbocycles. The SMILES string of the molecule is Cc1ccc2nc(NC(=O)N3CCN(c4ncc(C[C@H](C)O)cc4F)CC3)sc2c1. The number of thiazole rings is 1. The van der Waals surface area contributed by atoms with Gasteiger partial charge in [-0.3, -0.25) is 5.32 Å². The molecule has 0 bridgehead atoms. The van der Waals surface area contributed by atoms with Crippen molar-refractivity contribution in [1.29, 1.82) is 0 Å². The van der Waals surface area contributed by atoms with E-state index in [0.717, 1.165) is 15.8 Å². The van der Waals surface area contributed by atoms with Crippen molar-refractivity contribution in [3.63, 3.8) is 0 Å². The third-order valence-corrected chi connectivity index (χ3v) is 5.97. The number of rotatable bonds is 4. The summed E-state index contributed by atoms with van der Waals surface area (Å²) >= 11 is 1.45. The van der Waals surface area contributed by atoms with E-state index in [1.54, 1.807) is 18.0 Å². The third kappa shape index (κ3) is 4.52. The fraction of sp³-hybridized carbons (Fsp3) is 0.381. The zero-order valence-electron chi connectivity index (χ0n) is 16.9. The summed E-state index contributed by atoms with van der Waals surface area (Å²) in [5.74, 6) is -0.123. The zero-order chi connectivity index (χ0) is 21.3. The number of carbonyl (C=O) groups is 1. The maximum atomic E-state index is 14.5. The molecule has 0 spiro atoms. The summed E-state index contributed by atoms with van der Waals surface area (Å²) in [6, 6.07) is 7.21. The Morgan fingerprint density at radius 2 is 2.07 bits per heavy atom. The minimum absolute atomic E-state index is 0.203. The quantitative estimate of drug-likeness (QED) is 0.664. The second kappa shape index (κ2) is 8.53. The molecule has 1 aliphatic rings. The van der Waals surface area contributed by atoms with Gasteiger partial charge in [-0.1, -0.05) is 17.4 Å². The van der Waals surface area contributed by atoms with Crippen LogP contribution in [0.1, 0.15) is 18.1 Å². The van der Waals surface area contributed by atoms with Crippen LogP contribution < -0.4 is 10.2 Å². The van der Waals surface area contributed by atoms with Crippen molar-refractivity contribution < 1.29 is 14.3 Å². The first-order valence-corrected chi connectivity index (χ1v) is 10.7. The van der Waals surface area contributed by atoms with Gasteiger partial charge >= 0.3 is 6.03 Å². The smallest absolute Gasteiger partial charge is 0.323 e. The van der Waals surface area contributed by atoms with Crippen LogP contribution in [0.5, 0.6) is 0 Å². The van der Waals surface area contributed by atoms with Crippen molar-refractivity contribution in [2.45, 2.75) is 26.4 Å². The van der Waals surface area contributed by atoms with Gasteiger partial charge in [-0.05, 0) is 49.6 Å². The van der Waals surface area contributed by atoms with Gasteiger partial charge in [0.2, 0.25) is 0 Å². The second-order valence-electron chi connectivity index (χ2n) is 7.60. The molecule has 158 valence electrons. The molecular formula is C21H24FN5O2S. The van der Waals surface area contributed by atoms with Gasteiger partial charge in [0.15, 0.2) is 16.8 Å². The molecule has 0 unspecified atom stereocenters. The number of hydrogen-bond acceptors (Lipinski definition) is 6. The minimum atomic E-state index is -0.543. The van der Waals surface area contributed by atoms with Gasteiger partial charge in [0.05, 0.1) is 16.3 Å². The highest BCUT2D eigenvalue weighted by Crippen LogP contribution is 2.27. The number of pyridine rings is 1. The predicted octanol–water partition coefficient (Wildman–Crippen LogP) is 3.42. The van der Waals surface area contributed by atoms with Crippen LogP contribution in [-0.2, 0) is 6.42 Å². The van der Waals surface area contributed by atoms with Gasteiger partial charge in [-0.25, -0.2) is 19.2 Å². The Bertz CT molecular complexity index is 1060. The Balaban J connectivity index is 1.36. The van der Waals surface area contributed by atoms with Gasteiger partial charge in [-0.2, -0.15) is 0 Å². The molecule has 9 heteroatoms. The number of aliphatic hydroxyl groups is 1. The van der Waals surface area contributed by atoms with Crippen molar-refractivity contribution in [2.75, 3.05) is 36.4 Å². The second-order valence-corrected chi connectivity index (χ2v) is 8.63. The molecule has 1 aliphatic heterocycles. The van der Waals surface area contributed by atoms with Crippen LogP contribution in [0.25, 0.3) is 10.2 Å². The van der Waals surface area contributed by atoms with Crippen LogP contribution in [0.15, 0.2) is 30.5 Å². The lowest BCUT2D eigenvalue weighted by Crippen LogP contribution is -2.50. The van der Waals surface area contributed by atoms with Gasteiger partial charge in [0.1, 0.15) is 0 Å². The molecular weight excluding hydrogens is 405 g/mol. The standard InChI is InChI=1S/C21H24FN5O2S/c1-13-3-4-17-18(9-13)30-20(24-17)25-21(29)27-7-5-26(6-8-27)19-16(22)11-15(12-23-19)10-14(2)28/h3-4,9,11-12,14,28H,5-8,10H2,1-2H3,(H,24,25,29)/t14-/m0/s1. The average molecular weight is 430 g/mol.